The van der Waals surface area contributed by atoms with E-state index in [2.05, 4.69) is 44.7 Å². The minimum absolute atomic E-state index is 0.161. The second-order valence-electron chi connectivity index (χ2n) is 8.22. The molecule has 1 fully saturated rings. The molecule has 1 spiro atoms. The summed E-state index contributed by atoms with van der Waals surface area (Å²) in [5.41, 5.74) is 2.39. The van der Waals surface area contributed by atoms with Crippen molar-refractivity contribution < 1.29 is 9.18 Å². The van der Waals surface area contributed by atoms with Crippen LogP contribution in [0.4, 0.5) is 15.8 Å². The number of anilines is 2. The number of nitrogens with zero attached hydrogens (tertiary/aromatic N) is 3. The van der Waals surface area contributed by atoms with Crippen LogP contribution in [-0.2, 0) is 4.79 Å². The number of piperidine rings is 1. The number of hydrogen-bond donors (Lipinski definition) is 2. The molecule has 6 nitrogen and oxygen atoms in total. The summed E-state index contributed by atoms with van der Waals surface area (Å²) in [7, 11) is 0. The molecule has 0 radical (unpaired) electrons. The van der Waals surface area contributed by atoms with Gasteiger partial charge in [-0.25, -0.2) is 4.39 Å². The minimum atomic E-state index is -0.412. The lowest BCUT2D eigenvalue weighted by atomic mass is 9.89. The maximum absolute atomic E-state index is 13.8. The van der Waals surface area contributed by atoms with Crippen LogP contribution in [-0.4, -0.2) is 59.9 Å². The molecule has 0 aliphatic carbocycles. The number of halogens is 1. The Morgan fingerprint density at radius 1 is 1.10 bits per heavy atom. The third-order valence-corrected chi connectivity index (χ3v) is 6.31. The zero-order valence-corrected chi connectivity index (χ0v) is 16.9. The van der Waals surface area contributed by atoms with E-state index in [-0.39, 0.29) is 23.8 Å². The Hall–Kier alpha value is -2.93. The lowest BCUT2D eigenvalue weighted by Gasteiger charge is -2.54. The van der Waals surface area contributed by atoms with Crippen LogP contribution in [0.5, 0.6) is 0 Å². The molecule has 7 heteroatoms. The maximum Gasteiger partial charge on any atom is 0.238 e. The van der Waals surface area contributed by atoms with Crippen molar-refractivity contribution in [3.05, 3.63) is 59.9 Å². The van der Waals surface area contributed by atoms with Crippen LogP contribution in [0.25, 0.3) is 0 Å². The lowest BCUT2D eigenvalue weighted by Crippen LogP contribution is -2.65. The Balaban J connectivity index is 1.27. The van der Waals surface area contributed by atoms with Gasteiger partial charge in [-0.15, -0.1) is 0 Å². The highest BCUT2D eigenvalue weighted by Gasteiger charge is 2.45. The van der Waals surface area contributed by atoms with E-state index in [4.69, 9.17) is 4.99 Å². The monoisotopic (exact) mass is 407 g/mol. The number of fused-ring (bicyclic) bond motifs is 4. The number of amidine groups is 1. The predicted octanol–water partition coefficient (Wildman–Crippen LogP) is 3.13. The van der Waals surface area contributed by atoms with Crippen LogP contribution in [0.3, 0.4) is 0 Å². The molecule has 2 N–H and O–H groups in total. The molecule has 0 unspecified atom stereocenters. The van der Waals surface area contributed by atoms with E-state index in [9.17, 15) is 9.18 Å². The van der Waals surface area contributed by atoms with Gasteiger partial charge < -0.3 is 15.5 Å². The van der Waals surface area contributed by atoms with E-state index in [0.717, 1.165) is 57.0 Å². The molecule has 0 bridgehead atoms. The van der Waals surface area contributed by atoms with E-state index >= 15 is 0 Å². The van der Waals surface area contributed by atoms with Gasteiger partial charge in [-0.05, 0) is 30.7 Å². The fourth-order valence-electron chi connectivity index (χ4n) is 4.79. The average molecular weight is 407 g/mol. The predicted molar refractivity (Wildman–Crippen MR) is 116 cm³/mol. The van der Waals surface area contributed by atoms with Crippen molar-refractivity contribution in [1.82, 2.24) is 9.80 Å². The molecule has 1 amide bonds. The SMILES string of the molecule is O=C(CN1CCC2(CC1)Nc1ccccc1C1=NCCCN12)Nc1ccccc1F. The fourth-order valence-corrected chi connectivity index (χ4v) is 4.79. The number of carbonyl (C=O) groups is 1. The highest BCUT2D eigenvalue weighted by molar-refractivity contribution is 6.06. The van der Waals surface area contributed by atoms with Gasteiger partial charge in [0.25, 0.3) is 0 Å². The topological polar surface area (TPSA) is 60.0 Å². The van der Waals surface area contributed by atoms with Crippen molar-refractivity contribution in [2.45, 2.75) is 24.9 Å². The summed E-state index contributed by atoms with van der Waals surface area (Å²) in [6, 6.07) is 14.6. The smallest absolute Gasteiger partial charge is 0.238 e. The van der Waals surface area contributed by atoms with E-state index in [0.29, 0.717) is 0 Å². The van der Waals surface area contributed by atoms with Crippen molar-refractivity contribution >= 4 is 23.1 Å². The number of amides is 1. The van der Waals surface area contributed by atoms with Crippen molar-refractivity contribution in [3.8, 4) is 0 Å². The van der Waals surface area contributed by atoms with Crippen LogP contribution in [0.1, 0.15) is 24.8 Å². The van der Waals surface area contributed by atoms with Crippen LogP contribution < -0.4 is 10.6 Å². The summed E-state index contributed by atoms with van der Waals surface area (Å²) < 4.78 is 13.8. The first-order chi connectivity index (χ1) is 14.6. The van der Waals surface area contributed by atoms with Crippen molar-refractivity contribution in [3.63, 3.8) is 0 Å². The van der Waals surface area contributed by atoms with Crippen molar-refractivity contribution in [2.24, 2.45) is 4.99 Å². The van der Waals surface area contributed by atoms with Gasteiger partial charge >= 0.3 is 0 Å². The quantitative estimate of drug-likeness (QED) is 0.821. The highest BCUT2D eigenvalue weighted by Crippen LogP contribution is 2.39. The molecule has 30 heavy (non-hydrogen) atoms. The van der Waals surface area contributed by atoms with Gasteiger partial charge in [-0.2, -0.15) is 0 Å². The third-order valence-electron chi connectivity index (χ3n) is 6.31. The van der Waals surface area contributed by atoms with Gasteiger partial charge in [0.1, 0.15) is 17.3 Å². The van der Waals surface area contributed by atoms with E-state index in [1.165, 1.54) is 11.6 Å². The Labute approximate surface area is 175 Å². The molecule has 5 rings (SSSR count). The first-order valence-electron chi connectivity index (χ1n) is 10.6. The number of aliphatic imine (C=N–C) groups is 1. The number of rotatable bonds is 3. The van der Waals surface area contributed by atoms with Gasteiger partial charge in [0.2, 0.25) is 5.91 Å². The van der Waals surface area contributed by atoms with E-state index in [1.54, 1.807) is 18.2 Å². The average Bonchev–Trinajstić information content (AvgIpc) is 2.77. The van der Waals surface area contributed by atoms with Crippen LogP contribution in [0.2, 0.25) is 0 Å². The van der Waals surface area contributed by atoms with Gasteiger partial charge in [0.15, 0.2) is 0 Å². The summed E-state index contributed by atoms with van der Waals surface area (Å²) >= 11 is 0. The summed E-state index contributed by atoms with van der Waals surface area (Å²) in [4.78, 5) is 21.9. The minimum Gasteiger partial charge on any atom is -0.362 e. The van der Waals surface area contributed by atoms with E-state index in [1.807, 2.05) is 0 Å². The first kappa shape index (κ1) is 19.1. The molecule has 2 aromatic rings. The van der Waals surface area contributed by atoms with Crippen molar-refractivity contribution in [1.29, 1.82) is 0 Å². The second-order valence-corrected chi connectivity index (χ2v) is 8.22. The number of nitrogens with one attached hydrogen (secondary N) is 2. The normalized spacial score (nSPS) is 20.0. The third kappa shape index (κ3) is 3.43. The molecule has 0 atom stereocenters. The summed E-state index contributed by atoms with van der Waals surface area (Å²) in [5.74, 6) is 0.505. The Morgan fingerprint density at radius 2 is 1.87 bits per heavy atom. The largest absolute Gasteiger partial charge is 0.362 e. The van der Waals surface area contributed by atoms with Crippen molar-refractivity contribution in [2.75, 3.05) is 43.4 Å². The second kappa shape index (κ2) is 7.72. The molecule has 0 aromatic heterocycles. The molecule has 3 aliphatic heterocycles. The molecule has 3 heterocycles. The van der Waals surface area contributed by atoms with Gasteiger partial charge in [-0.3, -0.25) is 14.7 Å². The first-order valence-corrected chi connectivity index (χ1v) is 10.6. The molecule has 156 valence electrons. The maximum atomic E-state index is 13.8. The van der Waals surface area contributed by atoms with Crippen LogP contribution in [0.15, 0.2) is 53.5 Å². The summed E-state index contributed by atoms with van der Waals surface area (Å²) in [6.07, 6.45) is 2.85. The fraction of sp³-hybridized carbons (Fsp3) is 0.391. The Bertz CT molecular complexity index is 983. The molecule has 1 saturated heterocycles. The van der Waals surface area contributed by atoms with E-state index < -0.39 is 5.82 Å². The van der Waals surface area contributed by atoms with Crippen LogP contribution >= 0.6 is 0 Å². The molecular weight excluding hydrogens is 381 g/mol. The van der Waals surface area contributed by atoms with Crippen LogP contribution in [0, 0.1) is 5.82 Å². The molecular formula is C23H26FN5O. The highest BCUT2D eigenvalue weighted by atomic mass is 19.1. The number of carbonyl (C=O) groups excluding carboxylic acids is 1. The molecule has 2 aromatic carbocycles. The Morgan fingerprint density at radius 3 is 2.70 bits per heavy atom. The zero-order chi connectivity index (χ0) is 20.6. The number of benzene rings is 2. The molecule has 0 saturated carbocycles. The summed E-state index contributed by atoms with van der Waals surface area (Å²) in [6.45, 7) is 3.72. The molecule has 3 aliphatic rings. The zero-order valence-electron chi connectivity index (χ0n) is 16.9. The van der Waals surface area contributed by atoms with Gasteiger partial charge in [0, 0.05) is 50.3 Å². The van der Waals surface area contributed by atoms with Gasteiger partial charge in [-0.1, -0.05) is 24.3 Å². The number of hydrogen-bond acceptors (Lipinski definition) is 5. The number of likely N-dealkylation sites (tertiary alicyclic amines) is 1. The lowest BCUT2D eigenvalue weighted by molar-refractivity contribution is -0.117. The standard InChI is InChI=1S/C23H26FN5O/c24-18-7-2-4-9-20(18)26-21(30)16-28-14-10-23(11-15-28)27-19-8-3-1-6-17(19)22-25-12-5-13-29(22)23/h1-4,6-9,27H,5,10-16H2,(H,26,30). The van der Waals surface area contributed by atoms with Gasteiger partial charge in [0.05, 0.1) is 12.2 Å². The number of para-hydroxylation sites is 2. The Kier molecular flexibility index (Phi) is 4.90. The summed E-state index contributed by atoms with van der Waals surface area (Å²) in [5, 5.41) is 6.49.